The fourth-order valence-electron chi connectivity index (χ4n) is 5.47. The molecule has 2 saturated carbocycles. The van der Waals surface area contributed by atoms with Crippen LogP contribution in [0.5, 0.6) is 0 Å². The summed E-state index contributed by atoms with van der Waals surface area (Å²) in [5.41, 5.74) is 23.2. The van der Waals surface area contributed by atoms with Crippen molar-refractivity contribution in [2.45, 2.75) is 61.9 Å². The molecule has 1 aromatic heterocycles. The summed E-state index contributed by atoms with van der Waals surface area (Å²) in [5, 5.41) is 1.08. The third-order valence-corrected chi connectivity index (χ3v) is 9.16. The zero-order chi connectivity index (χ0) is 36.4. The van der Waals surface area contributed by atoms with E-state index < -0.39 is 0 Å². The number of nitrogens with two attached hydrogens (primary N) is 1. The number of nitrogens with one attached hydrogen (secondary N) is 1. The summed E-state index contributed by atoms with van der Waals surface area (Å²) in [6.07, 6.45) is 22.5. The minimum atomic E-state index is 0. The number of hydrogen-bond donors (Lipinski definition) is 2. The second-order valence-electron chi connectivity index (χ2n) is 11.2. The van der Waals surface area contributed by atoms with Crippen molar-refractivity contribution in [2.75, 3.05) is 5.75 Å². The first-order valence-electron chi connectivity index (χ1n) is 15.8. The molecule has 1 aromatic carbocycles. The standard InChI is InChI=1S/C22H27N3S.C22H2.HN3.H2S.12H2/c23-21-18-4-2-1-3-17(18)11-22(21)9-7-16(8-10-22)19-12-25-20(13-24-19)26-14-15-5-6-15;1-3-5-7-9-11-13-15-17-19-21-22-20-18-16-14-12-10-8-6-4-2;1-3-2;;;;;;;;;;;;;/h1-4,12-13,15-16,21H,5-11,14,23H2;1-2H;1H;1H2;12*1H. The van der Waals surface area contributed by atoms with E-state index in [2.05, 4.69) is 148 Å². The van der Waals surface area contributed by atoms with E-state index in [4.69, 9.17) is 34.6 Å². The van der Waals surface area contributed by atoms with Gasteiger partial charge in [0.1, 0.15) is 5.03 Å². The summed E-state index contributed by atoms with van der Waals surface area (Å²) >= 11 is 1.86. The van der Waals surface area contributed by atoms with Crippen molar-refractivity contribution in [3.8, 4) is 131 Å². The average Bonchev–Trinajstić information content (AvgIpc) is 3.95. The van der Waals surface area contributed by atoms with E-state index in [0.717, 1.165) is 17.4 Å². The van der Waals surface area contributed by atoms with E-state index in [1.807, 2.05) is 24.2 Å². The van der Waals surface area contributed by atoms with Gasteiger partial charge in [-0.25, -0.2) is 4.98 Å². The first-order valence-corrected chi connectivity index (χ1v) is 16.8. The third kappa shape index (κ3) is 14.9. The molecule has 6 nitrogen and oxygen atoms in total. The van der Waals surface area contributed by atoms with E-state index in [0.29, 0.717) is 5.92 Å². The maximum atomic E-state index is 6.86. The van der Waals surface area contributed by atoms with Crippen molar-refractivity contribution < 1.29 is 17.1 Å². The van der Waals surface area contributed by atoms with Crippen LogP contribution in [0.3, 0.4) is 0 Å². The first-order chi connectivity index (χ1) is 25.1. The van der Waals surface area contributed by atoms with E-state index in [-0.39, 0.29) is 42.1 Å². The molecule has 0 aliphatic heterocycles. The second-order valence-corrected chi connectivity index (χ2v) is 12.2. The monoisotopic (exact) mass is 732 g/mol. The first kappa shape index (κ1) is 41.6. The predicted octanol–water partition coefficient (Wildman–Crippen LogP) is 9.10. The van der Waals surface area contributed by atoms with Crippen LogP contribution in [0.15, 0.2) is 41.7 Å². The smallest absolute Gasteiger partial charge is 0.114 e. The molecule has 3 aliphatic rings. The lowest BCUT2D eigenvalue weighted by molar-refractivity contribution is 0.148. The van der Waals surface area contributed by atoms with Gasteiger partial charge in [-0.1, -0.05) is 24.3 Å². The zero-order valence-corrected chi connectivity index (χ0v) is 30.1. The normalized spacial score (nSPS) is 17.0. The average molecular weight is 733 g/mol. The van der Waals surface area contributed by atoms with Crippen molar-refractivity contribution in [2.24, 2.45) is 17.1 Å². The molecule has 0 bridgehead atoms. The fraction of sp³-hybridized carbons (Fsp3) is 0.273. The van der Waals surface area contributed by atoms with Crippen LogP contribution in [-0.2, 0) is 6.42 Å². The van der Waals surface area contributed by atoms with Gasteiger partial charge in [0, 0.05) is 64.7 Å². The number of thioether (sulfide) groups is 1. The van der Waals surface area contributed by atoms with Crippen LogP contribution < -0.4 is 5.73 Å². The molecule has 8 heteroatoms. The van der Waals surface area contributed by atoms with Crippen molar-refractivity contribution in [1.82, 2.24) is 9.97 Å². The van der Waals surface area contributed by atoms with Gasteiger partial charge in [-0.05, 0) is 173 Å². The number of fused-ring (bicyclic) bond motifs is 1. The summed E-state index contributed by atoms with van der Waals surface area (Å²) < 4.78 is 0. The molecule has 0 saturated heterocycles. The van der Waals surface area contributed by atoms with Crippen molar-refractivity contribution in [1.29, 1.82) is 5.53 Å². The Morgan fingerprint density at radius 3 is 1.63 bits per heavy atom. The van der Waals surface area contributed by atoms with Crippen molar-refractivity contribution in [3.05, 3.63) is 63.9 Å². The number of terminal acetylenes is 2. The third-order valence-electron chi connectivity index (χ3n) is 8.01. The molecule has 3 aliphatic carbocycles. The number of hydrogen-bond acceptors (Lipinski definition) is 5. The highest BCUT2D eigenvalue weighted by atomic mass is 32.2. The van der Waals surface area contributed by atoms with Crippen LogP contribution in [0, 0.1) is 148 Å². The second kappa shape index (κ2) is 24.5. The Morgan fingerprint density at radius 2 is 1.23 bits per heavy atom. The minimum Gasteiger partial charge on any atom is -0.323 e. The Balaban J connectivity index is -0.0000000779. The molecule has 1 heterocycles. The molecule has 3 N–H and O–H groups in total. The lowest BCUT2D eigenvalue weighted by Crippen LogP contribution is -2.35. The molecule has 0 radical (unpaired) electrons. The zero-order valence-electron chi connectivity index (χ0n) is 28.3. The van der Waals surface area contributed by atoms with Crippen LogP contribution in [0.4, 0.5) is 0 Å². The molecule has 274 valence electrons. The lowest BCUT2D eigenvalue weighted by Gasteiger charge is -2.40. The maximum Gasteiger partial charge on any atom is 0.114 e. The summed E-state index contributed by atoms with van der Waals surface area (Å²) in [5.74, 6) is 50.9. The maximum absolute atomic E-state index is 6.86. The highest BCUT2D eigenvalue weighted by Gasteiger charge is 2.46. The van der Waals surface area contributed by atoms with E-state index in [1.165, 1.54) is 61.1 Å². The molecular weight excluding hydrogens is 677 g/mol. The molecule has 1 atom stereocenters. The number of benzene rings is 1. The molecule has 52 heavy (non-hydrogen) atoms. The Morgan fingerprint density at radius 1 is 0.769 bits per heavy atom. The largest absolute Gasteiger partial charge is 0.323 e. The highest BCUT2D eigenvalue weighted by molar-refractivity contribution is 7.99. The van der Waals surface area contributed by atoms with Crippen LogP contribution in [-0.4, -0.2) is 15.7 Å². The van der Waals surface area contributed by atoms with Crippen LogP contribution in [0.25, 0.3) is 10.4 Å². The van der Waals surface area contributed by atoms with Gasteiger partial charge >= 0.3 is 0 Å². The molecule has 0 amide bonds. The quantitative estimate of drug-likeness (QED) is 0.107. The summed E-state index contributed by atoms with van der Waals surface area (Å²) in [6.45, 7) is 0. The minimum absolute atomic E-state index is 0. The fourth-order valence-corrected chi connectivity index (χ4v) is 6.46. The number of nitrogens with zero attached hydrogens (tertiary/aromatic N) is 4. The Bertz CT molecular complexity index is 2230. The molecule has 1 unspecified atom stereocenters. The summed E-state index contributed by atoms with van der Waals surface area (Å²) in [6, 6.07) is 8.96. The van der Waals surface area contributed by atoms with Gasteiger partial charge in [0.15, 0.2) is 0 Å². The van der Waals surface area contributed by atoms with Crippen LogP contribution in [0.1, 0.15) is 84.4 Å². The van der Waals surface area contributed by atoms with Gasteiger partial charge in [-0.15, -0.1) is 30.1 Å². The Kier molecular flexibility index (Phi) is 19.6. The van der Waals surface area contributed by atoms with E-state index >= 15 is 0 Å². The van der Waals surface area contributed by atoms with Gasteiger partial charge in [-0.3, -0.25) is 4.98 Å². The molecular formula is C44H56N6S2. The molecule has 2 fully saturated rings. The molecule has 1 spiro atoms. The lowest BCUT2D eigenvalue weighted by atomic mass is 9.66. The van der Waals surface area contributed by atoms with Crippen LogP contribution >= 0.6 is 25.3 Å². The van der Waals surface area contributed by atoms with Gasteiger partial charge in [0.25, 0.3) is 0 Å². The molecule has 5 rings (SSSR count). The van der Waals surface area contributed by atoms with E-state index in [1.54, 1.807) is 4.91 Å². The van der Waals surface area contributed by atoms with E-state index in [9.17, 15) is 0 Å². The molecule has 2 aromatic rings. The van der Waals surface area contributed by atoms with Gasteiger partial charge in [0.2, 0.25) is 0 Å². The number of aromatic nitrogens is 2. The highest BCUT2D eigenvalue weighted by Crippen LogP contribution is 2.55. The Hall–Kier alpha value is -6.57. The number of rotatable bonds is 4. The van der Waals surface area contributed by atoms with Crippen LogP contribution in [0.2, 0.25) is 0 Å². The van der Waals surface area contributed by atoms with Crippen molar-refractivity contribution >= 4 is 25.3 Å². The SMILES string of the molecule is C#CC#CC#CC#CC#CC#CC#CC#CC#CC#CC#C.NC1c2ccccc2CC12CCC(c1cnc(SCC3CC3)cn1)CC2.S.[HH].[HH].[HH].[HH].[HH].[HH].[HH].[HH].[HH].[HH].[HH].[HH].[N-]=[N+]=N. The summed E-state index contributed by atoms with van der Waals surface area (Å²) in [4.78, 5) is 11.2. The summed E-state index contributed by atoms with van der Waals surface area (Å²) in [7, 11) is 0. The van der Waals surface area contributed by atoms with Crippen molar-refractivity contribution in [3.63, 3.8) is 0 Å². The van der Waals surface area contributed by atoms with Gasteiger partial charge in [-0.2, -0.15) is 13.5 Å². The van der Waals surface area contributed by atoms with Gasteiger partial charge < -0.3 is 5.73 Å². The topological polar surface area (TPSA) is 112 Å². The Labute approximate surface area is 337 Å². The van der Waals surface area contributed by atoms with Gasteiger partial charge in [0.05, 0.1) is 11.9 Å². The predicted molar refractivity (Wildman–Crippen MR) is 239 cm³/mol.